The molecular weight excluding hydrogens is 338 g/mol. The summed E-state index contributed by atoms with van der Waals surface area (Å²) in [6.45, 7) is 8.14. The minimum absolute atomic E-state index is 0.0942. The summed E-state index contributed by atoms with van der Waals surface area (Å²) in [6.07, 6.45) is 1.00. The molecule has 3 rings (SSSR count). The molecule has 0 aliphatic rings. The fourth-order valence-electron chi connectivity index (χ4n) is 3.19. The number of benzene rings is 2. The van der Waals surface area contributed by atoms with E-state index in [9.17, 15) is 4.79 Å². The predicted octanol–water partition coefficient (Wildman–Crippen LogP) is 4.05. The number of carbonyl (C=O) groups is 1. The molecule has 5 nitrogen and oxygen atoms in total. The molecule has 0 aliphatic carbocycles. The summed E-state index contributed by atoms with van der Waals surface area (Å²) in [5, 5.41) is 0. The number of likely N-dealkylation sites (N-methyl/N-ethyl adjacent to an activating group) is 1. The molecule has 0 unspecified atom stereocenters. The third-order valence-electron chi connectivity index (χ3n) is 4.84. The number of aromatic nitrogens is 2. The number of hydrogen-bond donors (Lipinski definition) is 0. The molecule has 0 radical (unpaired) electrons. The summed E-state index contributed by atoms with van der Waals surface area (Å²) in [6, 6.07) is 16.0. The fraction of sp³-hybridized carbons (Fsp3) is 0.364. The largest absolute Gasteiger partial charge is 0.486 e. The Morgan fingerprint density at radius 2 is 1.74 bits per heavy atom. The Hall–Kier alpha value is -2.82. The van der Waals surface area contributed by atoms with Crippen LogP contribution in [0.4, 0.5) is 0 Å². The molecule has 0 bridgehead atoms. The highest BCUT2D eigenvalue weighted by Crippen LogP contribution is 2.19. The van der Waals surface area contributed by atoms with E-state index in [1.807, 2.05) is 59.7 Å². The Morgan fingerprint density at radius 3 is 2.41 bits per heavy atom. The molecule has 0 spiro atoms. The smallest absolute Gasteiger partial charge is 0.242 e. The van der Waals surface area contributed by atoms with Gasteiger partial charge in [-0.3, -0.25) is 4.79 Å². The van der Waals surface area contributed by atoms with Gasteiger partial charge in [0.25, 0.3) is 0 Å². The molecule has 0 fully saturated rings. The van der Waals surface area contributed by atoms with E-state index in [-0.39, 0.29) is 12.5 Å². The van der Waals surface area contributed by atoms with Crippen LogP contribution >= 0.6 is 0 Å². The van der Waals surface area contributed by atoms with Crippen molar-refractivity contribution >= 4 is 16.9 Å². The minimum Gasteiger partial charge on any atom is -0.486 e. The molecule has 0 saturated carbocycles. The Labute approximate surface area is 160 Å². The van der Waals surface area contributed by atoms with Crippen LogP contribution in [0.1, 0.15) is 32.2 Å². The maximum absolute atomic E-state index is 12.6. The number of rotatable bonds is 8. The first-order valence-corrected chi connectivity index (χ1v) is 9.59. The quantitative estimate of drug-likeness (QED) is 0.605. The lowest BCUT2D eigenvalue weighted by Gasteiger charge is -2.20. The number of amides is 1. The van der Waals surface area contributed by atoms with Crippen LogP contribution in [0.5, 0.6) is 5.75 Å². The van der Waals surface area contributed by atoms with Crippen LogP contribution in [-0.2, 0) is 24.4 Å². The predicted molar refractivity (Wildman–Crippen MR) is 108 cm³/mol. The van der Waals surface area contributed by atoms with Crippen molar-refractivity contribution in [2.24, 2.45) is 0 Å². The highest BCUT2D eigenvalue weighted by Gasteiger charge is 2.17. The van der Waals surface area contributed by atoms with Gasteiger partial charge in [0, 0.05) is 13.1 Å². The molecule has 3 aromatic rings. The maximum Gasteiger partial charge on any atom is 0.242 e. The van der Waals surface area contributed by atoms with Gasteiger partial charge in [-0.05, 0) is 50.1 Å². The highest BCUT2D eigenvalue weighted by atomic mass is 16.5. The van der Waals surface area contributed by atoms with Crippen molar-refractivity contribution in [1.82, 2.24) is 14.5 Å². The number of aryl methyl sites for hydroxylation is 1. The van der Waals surface area contributed by atoms with Gasteiger partial charge in [-0.1, -0.05) is 31.2 Å². The Kier molecular flexibility index (Phi) is 6.12. The fourth-order valence-corrected chi connectivity index (χ4v) is 3.19. The third kappa shape index (κ3) is 4.30. The van der Waals surface area contributed by atoms with Gasteiger partial charge >= 0.3 is 0 Å². The van der Waals surface area contributed by atoms with Crippen molar-refractivity contribution in [3.63, 3.8) is 0 Å². The van der Waals surface area contributed by atoms with E-state index in [0.29, 0.717) is 19.7 Å². The van der Waals surface area contributed by atoms with Crippen LogP contribution in [0.15, 0.2) is 48.5 Å². The van der Waals surface area contributed by atoms with Crippen LogP contribution in [-0.4, -0.2) is 33.4 Å². The monoisotopic (exact) mass is 365 g/mol. The topological polar surface area (TPSA) is 47.4 Å². The van der Waals surface area contributed by atoms with Gasteiger partial charge in [-0.2, -0.15) is 0 Å². The van der Waals surface area contributed by atoms with Crippen molar-refractivity contribution in [3.05, 3.63) is 59.9 Å². The highest BCUT2D eigenvalue weighted by molar-refractivity contribution is 5.81. The molecule has 0 atom stereocenters. The van der Waals surface area contributed by atoms with Gasteiger partial charge in [0.05, 0.1) is 11.0 Å². The lowest BCUT2D eigenvalue weighted by molar-refractivity contribution is -0.131. The van der Waals surface area contributed by atoms with E-state index in [1.54, 1.807) is 0 Å². The Morgan fingerprint density at radius 1 is 1.04 bits per heavy atom. The van der Waals surface area contributed by atoms with Gasteiger partial charge in [0.1, 0.15) is 24.7 Å². The molecule has 1 heterocycles. The summed E-state index contributed by atoms with van der Waals surface area (Å²) < 4.78 is 7.92. The molecule has 142 valence electrons. The lowest BCUT2D eigenvalue weighted by Crippen LogP contribution is -2.33. The number of fused-ring (bicyclic) bond motifs is 1. The van der Waals surface area contributed by atoms with E-state index in [0.717, 1.165) is 29.0 Å². The van der Waals surface area contributed by atoms with E-state index in [4.69, 9.17) is 9.72 Å². The van der Waals surface area contributed by atoms with Crippen molar-refractivity contribution in [3.8, 4) is 5.75 Å². The second-order valence-electron chi connectivity index (χ2n) is 6.46. The lowest BCUT2D eigenvalue weighted by atomic mass is 10.2. The first-order valence-electron chi connectivity index (χ1n) is 9.59. The number of hydrogen-bond acceptors (Lipinski definition) is 3. The zero-order valence-electron chi connectivity index (χ0n) is 16.3. The van der Waals surface area contributed by atoms with Gasteiger partial charge in [0.15, 0.2) is 0 Å². The Bertz CT molecular complexity index is 896. The van der Waals surface area contributed by atoms with Gasteiger partial charge in [-0.25, -0.2) is 4.98 Å². The molecule has 0 aliphatic heterocycles. The molecule has 0 N–H and O–H groups in total. The van der Waals surface area contributed by atoms with E-state index >= 15 is 0 Å². The van der Waals surface area contributed by atoms with Gasteiger partial charge in [0.2, 0.25) is 5.91 Å². The third-order valence-corrected chi connectivity index (χ3v) is 4.84. The van der Waals surface area contributed by atoms with E-state index in [2.05, 4.69) is 19.1 Å². The number of ether oxygens (including phenoxy) is 1. The molecule has 1 aromatic heterocycles. The second-order valence-corrected chi connectivity index (χ2v) is 6.46. The van der Waals surface area contributed by atoms with Crippen LogP contribution < -0.4 is 4.74 Å². The Balaban J connectivity index is 1.84. The summed E-state index contributed by atoms with van der Waals surface area (Å²) in [4.78, 5) is 19.2. The zero-order chi connectivity index (χ0) is 19.2. The summed E-state index contributed by atoms with van der Waals surface area (Å²) >= 11 is 0. The average molecular weight is 365 g/mol. The van der Waals surface area contributed by atoms with Crippen LogP contribution in [0.3, 0.4) is 0 Å². The standard InChI is InChI=1S/C22H27N3O2/c1-4-17-11-13-18(14-12-17)27-16-21-23-19-9-7-8-10-20(19)25(21)15-22(26)24(5-2)6-3/h7-14H,4-6,15-16H2,1-3H3. The van der Waals surface area contributed by atoms with Crippen molar-refractivity contribution in [1.29, 1.82) is 0 Å². The first kappa shape index (κ1) is 19.0. The average Bonchev–Trinajstić information content (AvgIpc) is 3.05. The summed E-state index contributed by atoms with van der Waals surface area (Å²) in [7, 11) is 0. The van der Waals surface area contributed by atoms with Gasteiger partial charge < -0.3 is 14.2 Å². The molecule has 2 aromatic carbocycles. The summed E-state index contributed by atoms with van der Waals surface area (Å²) in [5.41, 5.74) is 3.11. The van der Waals surface area contributed by atoms with Crippen molar-refractivity contribution in [2.75, 3.05) is 13.1 Å². The minimum atomic E-state index is 0.0942. The SMILES string of the molecule is CCc1ccc(OCc2nc3ccccc3n2CC(=O)N(CC)CC)cc1. The van der Waals surface area contributed by atoms with Crippen LogP contribution in [0.25, 0.3) is 11.0 Å². The molecule has 5 heteroatoms. The van der Waals surface area contributed by atoms with E-state index in [1.165, 1.54) is 5.56 Å². The number of nitrogens with zero attached hydrogens (tertiary/aromatic N) is 3. The first-order chi connectivity index (χ1) is 13.2. The number of imidazole rings is 1. The summed E-state index contributed by atoms with van der Waals surface area (Å²) in [5.74, 6) is 1.66. The zero-order valence-corrected chi connectivity index (χ0v) is 16.3. The van der Waals surface area contributed by atoms with E-state index < -0.39 is 0 Å². The molecule has 0 saturated heterocycles. The molecular formula is C22H27N3O2. The normalized spacial score (nSPS) is 10.9. The van der Waals surface area contributed by atoms with Crippen LogP contribution in [0.2, 0.25) is 0 Å². The van der Waals surface area contributed by atoms with Gasteiger partial charge in [-0.15, -0.1) is 0 Å². The number of carbonyl (C=O) groups excluding carboxylic acids is 1. The second kappa shape index (κ2) is 8.71. The number of para-hydroxylation sites is 2. The molecule has 1 amide bonds. The maximum atomic E-state index is 12.6. The molecule has 27 heavy (non-hydrogen) atoms. The van der Waals surface area contributed by atoms with Crippen LogP contribution in [0, 0.1) is 0 Å². The van der Waals surface area contributed by atoms with Crippen molar-refractivity contribution in [2.45, 2.75) is 40.3 Å². The van der Waals surface area contributed by atoms with Crippen molar-refractivity contribution < 1.29 is 9.53 Å².